The Hall–Kier alpha value is -0.510. The Bertz CT molecular complexity index is 466. The quantitative estimate of drug-likeness (QED) is 0.738. The third-order valence-electron chi connectivity index (χ3n) is 2.74. The highest BCUT2D eigenvalue weighted by atomic mass is 79.9. The molecule has 0 N–H and O–H groups in total. The van der Waals surface area contributed by atoms with Crippen molar-refractivity contribution in [3.63, 3.8) is 0 Å². The van der Waals surface area contributed by atoms with Crippen molar-refractivity contribution in [1.82, 2.24) is 0 Å². The Kier molecular flexibility index (Phi) is 3.81. The van der Waals surface area contributed by atoms with Crippen molar-refractivity contribution in [3.8, 4) is 0 Å². The monoisotopic (exact) mass is 333 g/mol. The van der Waals surface area contributed by atoms with Gasteiger partial charge in [-0.15, -0.1) is 6.58 Å². The second kappa shape index (κ2) is 5.01. The normalized spacial score (nSPS) is 19.8. The summed E-state index contributed by atoms with van der Waals surface area (Å²) in [6.45, 7) is 4.33. The maximum absolute atomic E-state index is 11.9. The van der Waals surface area contributed by atoms with Crippen LogP contribution in [0.3, 0.4) is 0 Å². The Morgan fingerprint density at radius 3 is 2.71 bits per heavy atom. The van der Waals surface area contributed by atoms with Gasteiger partial charge in [-0.2, -0.15) is 0 Å². The third kappa shape index (κ3) is 2.51. The zero-order valence-electron chi connectivity index (χ0n) is 8.92. The van der Waals surface area contributed by atoms with Crippen molar-refractivity contribution in [3.05, 3.63) is 39.3 Å². The number of halogens is 3. The van der Waals surface area contributed by atoms with Crippen LogP contribution in [0.15, 0.2) is 29.3 Å². The SMILES string of the molecule is C=CC1CC(=O)N(c2c(Cl)cc(Cl)cc2Br)C1. The molecule has 1 amide bonds. The molecule has 1 aliphatic heterocycles. The average molecular weight is 335 g/mol. The summed E-state index contributed by atoms with van der Waals surface area (Å²) >= 11 is 15.4. The van der Waals surface area contributed by atoms with E-state index in [4.69, 9.17) is 23.2 Å². The van der Waals surface area contributed by atoms with Crippen molar-refractivity contribution in [2.45, 2.75) is 6.42 Å². The summed E-state index contributed by atoms with van der Waals surface area (Å²) in [6.07, 6.45) is 2.28. The van der Waals surface area contributed by atoms with Crippen LogP contribution in [0.1, 0.15) is 6.42 Å². The summed E-state index contributed by atoms with van der Waals surface area (Å²) in [5, 5.41) is 1.01. The summed E-state index contributed by atoms with van der Waals surface area (Å²) in [4.78, 5) is 13.6. The van der Waals surface area contributed by atoms with Gasteiger partial charge in [0.25, 0.3) is 0 Å². The molecule has 0 bridgehead atoms. The Balaban J connectivity index is 2.41. The Morgan fingerprint density at radius 1 is 1.47 bits per heavy atom. The van der Waals surface area contributed by atoms with E-state index in [-0.39, 0.29) is 11.8 Å². The average Bonchev–Trinajstić information content (AvgIpc) is 2.59. The molecule has 1 aromatic carbocycles. The van der Waals surface area contributed by atoms with Crippen molar-refractivity contribution >= 4 is 50.7 Å². The van der Waals surface area contributed by atoms with Gasteiger partial charge in [-0.3, -0.25) is 4.79 Å². The molecule has 2 nitrogen and oxygen atoms in total. The van der Waals surface area contributed by atoms with Crippen LogP contribution in [0.25, 0.3) is 0 Å². The van der Waals surface area contributed by atoms with Crippen molar-refractivity contribution in [1.29, 1.82) is 0 Å². The van der Waals surface area contributed by atoms with E-state index in [0.29, 0.717) is 28.7 Å². The third-order valence-corrected chi connectivity index (χ3v) is 3.85. The van der Waals surface area contributed by atoms with E-state index < -0.39 is 0 Å². The van der Waals surface area contributed by atoms with Gasteiger partial charge in [0, 0.05) is 28.4 Å². The zero-order valence-corrected chi connectivity index (χ0v) is 12.0. The number of rotatable bonds is 2. The maximum atomic E-state index is 11.9. The van der Waals surface area contributed by atoms with Gasteiger partial charge in [-0.05, 0) is 28.1 Å². The number of amides is 1. The Morgan fingerprint density at radius 2 is 2.18 bits per heavy atom. The summed E-state index contributed by atoms with van der Waals surface area (Å²) < 4.78 is 0.730. The zero-order chi connectivity index (χ0) is 12.6. The molecule has 0 spiro atoms. The lowest BCUT2D eigenvalue weighted by Gasteiger charge is -2.19. The van der Waals surface area contributed by atoms with Crippen LogP contribution in [-0.2, 0) is 4.79 Å². The van der Waals surface area contributed by atoms with Crippen molar-refractivity contribution < 1.29 is 4.79 Å². The van der Waals surface area contributed by atoms with E-state index in [2.05, 4.69) is 22.5 Å². The van der Waals surface area contributed by atoms with E-state index in [1.165, 1.54) is 0 Å². The highest BCUT2D eigenvalue weighted by molar-refractivity contribution is 9.10. The van der Waals surface area contributed by atoms with Crippen LogP contribution in [0.4, 0.5) is 5.69 Å². The second-order valence-corrected chi connectivity index (χ2v) is 5.62. The summed E-state index contributed by atoms with van der Waals surface area (Å²) in [5.41, 5.74) is 0.686. The van der Waals surface area contributed by atoms with E-state index in [0.717, 1.165) is 4.47 Å². The summed E-state index contributed by atoms with van der Waals surface area (Å²) in [6, 6.07) is 3.37. The molecule has 1 heterocycles. The number of hydrogen-bond acceptors (Lipinski definition) is 1. The molecule has 90 valence electrons. The molecule has 0 radical (unpaired) electrons. The number of hydrogen-bond donors (Lipinski definition) is 0. The molecule has 1 aliphatic rings. The van der Waals surface area contributed by atoms with Crippen LogP contribution >= 0.6 is 39.1 Å². The molecule has 0 saturated carbocycles. The molecule has 1 fully saturated rings. The van der Waals surface area contributed by atoms with Crippen LogP contribution in [0, 0.1) is 5.92 Å². The lowest BCUT2D eigenvalue weighted by atomic mass is 10.1. The van der Waals surface area contributed by atoms with E-state index >= 15 is 0 Å². The molecular formula is C12H10BrCl2NO. The van der Waals surface area contributed by atoms with Crippen LogP contribution < -0.4 is 4.90 Å². The maximum Gasteiger partial charge on any atom is 0.227 e. The summed E-state index contributed by atoms with van der Waals surface area (Å²) in [5.74, 6) is 0.237. The minimum Gasteiger partial charge on any atom is -0.309 e. The van der Waals surface area contributed by atoms with Crippen LogP contribution in [-0.4, -0.2) is 12.5 Å². The van der Waals surface area contributed by atoms with Gasteiger partial charge >= 0.3 is 0 Å². The molecule has 1 unspecified atom stereocenters. The van der Waals surface area contributed by atoms with Gasteiger partial charge in [-0.25, -0.2) is 0 Å². The first kappa shape index (κ1) is 12.9. The first-order valence-electron chi connectivity index (χ1n) is 5.10. The van der Waals surface area contributed by atoms with Gasteiger partial charge < -0.3 is 4.90 Å². The Labute approximate surface area is 118 Å². The number of nitrogens with zero attached hydrogens (tertiary/aromatic N) is 1. The van der Waals surface area contributed by atoms with E-state index in [1.807, 2.05) is 0 Å². The lowest BCUT2D eigenvalue weighted by molar-refractivity contribution is -0.117. The van der Waals surface area contributed by atoms with Gasteiger partial charge in [-0.1, -0.05) is 29.3 Å². The molecule has 1 atom stereocenters. The standard InChI is InChI=1S/C12H10BrCl2NO/c1-2-7-3-11(17)16(6-7)12-9(13)4-8(14)5-10(12)15/h2,4-5,7H,1,3,6H2. The van der Waals surface area contributed by atoms with Crippen LogP contribution in [0.2, 0.25) is 10.0 Å². The lowest BCUT2D eigenvalue weighted by Crippen LogP contribution is -2.25. The first-order valence-corrected chi connectivity index (χ1v) is 6.65. The molecule has 0 aromatic heterocycles. The van der Waals surface area contributed by atoms with Gasteiger partial charge in [0.1, 0.15) is 0 Å². The highest BCUT2D eigenvalue weighted by Crippen LogP contribution is 2.39. The molecule has 5 heteroatoms. The minimum atomic E-state index is 0.0554. The molecule has 1 saturated heterocycles. The predicted octanol–water partition coefficient (Wildman–Crippen LogP) is 4.29. The molecular weight excluding hydrogens is 325 g/mol. The van der Waals surface area contributed by atoms with Crippen LogP contribution in [0.5, 0.6) is 0 Å². The van der Waals surface area contributed by atoms with Gasteiger partial charge in [0.15, 0.2) is 0 Å². The summed E-state index contributed by atoms with van der Waals surface area (Å²) in [7, 11) is 0. The second-order valence-electron chi connectivity index (χ2n) is 3.92. The largest absolute Gasteiger partial charge is 0.309 e. The molecule has 1 aromatic rings. The minimum absolute atomic E-state index is 0.0554. The van der Waals surface area contributed by atoms with E-state index in [9.17, 15) is 4.79 Å². The van der Waals surface area contributed by atoms with Crippen molar-refractivity contribution in [2.75, 3.05) is 11.4 Å². The van der Waals surface area contributed by atoms with Crippen molar-refractivity contribution in [2.24, 2.45) is 5.92 Å². The number of benzene rings is 1. The fraction of sp³-hybridized carbons (Fsp3) is 0.250. The fourth-order valence-corrected chi connectivity index (χ4v) is 3.42. The van der Waals surface area contributed by atoms with Gasteiger partial charge in [0.2, 0.25) is 5.91 Å². The molecule has 2 rings (SSSR count). The fourth-order valence-electron chi connectivity index (χ4n) is 1.90. The first-order chi connectivity index (χ1) is 8.02. The highest BCUT2D eigenvalue weighted by Gasteiger charge is 2.31. The number of anilines is 1. The predicted molar refractivity (Wildman–Crippen MR) is 74.8 cm³/mol. The van der Waals surface area contributed by atoms with E-state index in [1.54, 1.807) is 23.1 Å². The molecule has 17 heavy (non-hydrogen) atoms. The van der Waals surface area contributed by atoms with Gasteiger partial charge in [0.05, 0.1) is 10.7 Å². The number of carbonyl (C=O) groups excluding carboxylic acids is 1. The topological polar surface area (TPSA) is 20.3 Å². The smallest absolute Gasteiger partial charge is 0.227 e. The number of carbonyl (C=O) groups is 1. The molecule has 0 aliphatic carbocycles.